The first-order chi connectivity index (χ1) is 9.28. The van der Waals surface area contributed by atoms with Crippen LogP contribution in [0.15, 0.2) is 29.2 Å². The van der Waals surface area contributed by atoms with Crippen LogP contribution in [0.3, 0.4) is 0 Å². The van der Waals surface area contributed by atoms with Gasteiger partial charge in [0.2, 0.25) is 15.9 Å². The van der Waals surface area contributed by atoms with E-state index in [0.29, 0.717) is 5.56 Å². The molecule has 1 aromatic rings. The quantitative estimate of drug-likeness (QED) is 0.725. The van der Waals surface area contributed by atoms with E-state index in [1.807, 2.05) is 0 Å². The van der Waals surface area contributed by atoms with Gasteiger partial charge in [-0.2, -0.15) is 0 Å². The van der Waals surface area contributed by atoms with E-state index in [-0.39, 0.29) is 28.8 Å². The predicted octanol–water partition coefficient (Wildman–Crippen LogP) is 0.0774. The summed E-state index contributed by atoms with van der Waals surface area (Å²) >= 11 is 4.81. The van der Waals surface area contributed by atoms with Crippen LogP contribution in [-0.4, -0.2) is 44.3 Å². The Morgan fingerprint density at radius 3 is 2.35 bits per heavy atom. The third-order valence-electron chi connectivity index (χ3n) is 2.78. The Bertz CT molecular complexity index is 597. The van der Waals surface area contributed by atoms with Crippen molar-refractivity contribution < 1.29 is 13.2 Å². The summed E-state index contributed by atoms with van der Waals surface area (Å²) in [6.45, 7) is 0.110. The molecule has 8 heteroatoms. The van der Waals surface area contributed by atoms with Crippen LogP contribution in [0.1, 0.15) is 12.0 Å². The van der Waals surface area contributed by atoms with E-state index in [4.69, 9.17) is 18.0 Å². The number of carbonyl (C=O) groups is 1. The zero-order valence-corrected chi connectivity index (χ0v) is 12.9. The molecule has 0 aliphatic rings. The minimum Gasteiger partial charge on any atom is -0.389 e. The highest BCUT2D eigenvalue weighted by Gasteiger charge is 2.21. The summed E-state index contributed by atoms with van der Waals surface area (Å²) < 4.78 is 25.6. The molecule has 0 saturated carbocycles. The first-order valence-electron chi connectivity index (χ1n) is 5.86. The topological polar surface area (TPSA) is 92.5 Å². The van der Waals surface area contributed by atoms with Crippen LogP contribution in [0.4, 0.5) is 0 Å². The Morgan fingerprint density at radius 2 is 1.90 bits per heavy atom. The summed E-state index contributed by atoms with van der Waals surface area (Å²) in [7, 11) is -0.681. The molecule has 0 aliphatic heterocycles. The highest BCUT2D eigenvalue weighted by Crippen LogP contribution is 2.15. The van der Waals surface area contributed by atoms with Crippen molar-refractivity contribution in [1.82, 2.24) is 9.62 Å². The molecule has 1 rings (SSSR count). The fourth-order valence-corrected chi connectivity index (χ4v) is 2.78. The maximum absolute atomic E-state index is 12.2. The number of nitrogens with zero attached hydrogens (tertiary/aromatic N) is 1. The van der Waals surface area contributed by atoms with Crippen LogP contribution in [0.25, 0.3) is 0 Å². The number of thiocarbonyl (C=S) groups is 1. The number of amides is 1. The second kappa shape index (κ2) is 6.78. The van der Waals surface area contributed by atoms with Gasteiger partial charge in [0.15, 0.2) is 0 Å². The SMILES string of the molecule is CNC(=O)CCN(C)S(=O)(=O)c1ccc(C(N)=S)cc1. The second-order valence-electron chi connectivity index (χ2n) is 4.14. The Kier molecular flexibility index (Phi) is 5.61. The summed E-state index contributed by atoms with van der Waals surface area (Å²) in [4.78, 5) is 11.5. The van der Waals surface area contributed by atoms with Gasteiger partial charge in [-0.1, -0.05) is 24.4 Å². The normalized spacial score (nSPS) is 11.3. The van der Waals surface area contributed by atoms with E-state index in [2.05, 4.69) is 5.32 Å². The van der Waals surface area contributed by atoms with Gasteiger partial charge >= 0.3 is 0 Å². The maximum atomic E-state index is 12.2. The predicted molar refractivity (Wildman–Crippen MR) is 80.8 cm³/mol. The van der Waals surface area contributed by atoms with Gasteiger partial charge in [0.05, 0.1) is 4.90 Å². The van der Waals surface area contributed by atoms with E-state index >= 15 is 0 Å². The molecule has 0 aliphatic carbocycles. The number of sulfonamides is 1. The first-order valence-corrected chi connectivity index (χ1v) is 7.70. The standard InChI is InChI=1S/C12H17N3O3S2/c1-14-11(16)7-8-15(2)20(17,18)10-5-3-9(4-6-10)12(13)19/h3-6H,7-8H2,1-2H3,(H2,13,19)(H,14,16). The van der Waals surface area contributed by atoms with Crippen LogP contribution >= 0.6 is 12.2 Å². The fourth-order valence-electron chi connectivity index (χ4n) is 1.48. The molecule has 0 saturated heterocycles. The van der Waals surface area contributed by atoms with E-state index in [1.165, 1.54) is 26.2 Å². The molecular weight excluding hydrogens is 298 g/mol. The molecule has 0 bridgehead atoms. The molecule has 20 heavy (non-hydrogen) atoms. The molecule has 0 atom stereocenters. The Hall–Kier alpha value is -1.51. The average molecular weight is 315 g/mol. The zero-order chi connectivity index (χ0) is 15.3. The van der Waals surface area contributed by atoms with Gasteiger partial charge in [-0.3, -0.25) is 4.79 Å². The Balaban J connectivity index is 2.87. The van der Waals surface area contributed by atoms with Gasteiger partial charge in [-0.15, -0.1) is 0 Å². The number of carbonyl (C=O) groups excluding carboxylic acids is 1. The third-order valence-corrected chi connectivity index (χ3v) is 4.89. The molecule has 0 aromatic heterocycles. The summed E-state index contributed by atoms with van der Waals surface area (Å²) in [6, 6.07) is 6.00. The number of rotatable bonds is 6. The van der Waals surface area contributed by atoms with Crippen molar-refractivity contribution in [1.29, 1.82) is 0 Å². The molecule has 110 valence electrons. The lowest BCUT2D eigenvalue weighted by Gasteiger charge is -2.16. The Labute approximate surface area is 124 Å². The van der Waals surface area contributed by atoms with Gasteiger partial charge in [0.25, 0.3) is 0 Å². The van der Waals surface area contributed by atoms with Gasteiger partial charge in [0.1, 0.15) is 4.99 Å². The van der Waals surface area contributed by atoms with E-state index in [1.54, 1.807) is 12.1 Å². The van der Waals surface area contributed by atoms with Crippen molar-refractivity contribution in [2.45, 2.75) is 11.3 Å². The molecule has 6 nitrogen and oxygen atoms in total. The number of hydrogen-bond acceptors (Lipinski definition) is 4. The van der Waals surface area contributed by atoms with Crippen molar-refractivity contribution in [2.24, 2.45) is 5.73 Å². The smallest absolute Gasteiger partial charge is 0.242 e. The Morgan fingerprint density at radius 1 is 1.35 bits per heavy atom. The molecule has 0 fully saturated rings. The summed E-state index contributed by atoms with van der Waals surface area (Å²) in [5, 5.41) is 2.44. The van der Waals surface area contributed by atoms with Crippen LogP contribution < -0.4 is 11.1 Å². The molecular formula is C12H17N3O3S2. The molecule has 1 aromatic carbocycles. The largest absolute Gasteiger partial charge is 0.389 e. The average Bonchev–Trinajstić information content (AvgIpc) is 2.44. The molecule has 0 unspecified atom stereocenters. The number of hydrogen-bond donors (Lipinski definition) is 2. The van der Waals surface area contributed by atoms with E-state index < -0.39 is 10.0 Å². The summed E-state index contributed by atoms with van der Waals surface area (Å²) in [6.07, 6.45) is 0.108. The minimum atomic E-state index is -3.62. The lowest BCUT2D eigenvalue weighted by atomic mass is 10.2. The van der Waals surface area contributed by atoms with Crippen molar-refractivity contribution >= 4 is 33.1 Å². The van der Waals surface area contributed by atoms with Crippen molar-refractivity contribution in [3.05, 3.63) is 29.8 Å². The lowest BCUT2D eigenvalue weighted by molar-refractivity contribution is -0.120. The molecule has 0 spiro atoms. The monoisotopic (exact) mass is 315 g/mol. The maximum Gasteiger partial charge on any atom is 0.242 e. The van der Waals surface area contributed by atoms with Crippen LogP contribution in [0.5, 0.6) is 0 Å². The lowest BCUT2D eigenvalue weighted by Crippen LogP contribution is -2.31. The van der Waals surface area contributed by atoms with Crippen molar-refractivity contribution in [3.63, 3.8) is 0 Å². The van der Waals surface area contributed by atoms with Crippen LogP contribution in [0, 0.1) is 0 Å². The molecule has 1 amide bonds. The molecule has 3 N–H and O–H groups in total. The molecule has 0 heterocycles. The van der Waals surface area contributed by atoms with Gasteiger partial charge < -0.3 is 11.1 Å². The highest BCUT2D eigenvalue weighted by molar-refractivity contribution is 7.89. The third kappa shape index (κ3) is 3.99. The minimum absolute atomic E-state index is 0.108. The zero-order valence-electron chi connectivity index (χ0n) is 11.3. The summed E-state index contributed by atoms with van der Waals surface area (Å²) in [5.41, 5.74) is 6.06. The number of nitrogens with one attached hydrogen (secondary N) is 1. The van der Waals surface area contributed by atoms with Gasteiger partial charge in [-0.05, 0) is 12.1 Å². The van der Waals surface area contributed by atoms with E-state index in [0.717, 1.165) is 4.31 Å². The molecule has 0 radical (unpaired) electrons. The van der Waals surface area contributed by atoms with Gasteiger partial charge in [0, 0.05) is 32.6 Å². The van der Waals surface area contributed by atoms with Crippen molar-refractivity contribution in [2.75, 3.05) is 20.6 Å². The first kappa shape index (κ1) is 16.5. The number of nitrogens with two attached hydrogens (primary N) is 1. The number of benzene rings is 1. The highest BCUT2D eigenvalue weighted by atomic mass is 32.2. The van der Waals surface area contributed by atoms with E-state index in [9.17, 15) is 13.2 Å². The summed E-state index contributed by atoms with van der Waals surface area (Å²) in [5.74, 6) is -0.212. The van der Waals surface area contributed by atoms with Crippen LogP contribution in [0.2, 0.25) is 0 Å². The van der Waals surface area contributed by atoms with Crippen LogP contribution in [-0.2, 0) is 14.8 Å². The van der Waals surface area contributed by atoms with Gasteiger partial charge in [-0.25, -0.2) is 12.7 Å². The fraction of sp³-hybridized carbons (Fsp3) is 0.333. The van der Waals surface area contributed by atoms with Crippen molar-refractivity contribution in [3.8, 4) is 0 Å². The second-order valence-corrected chi connectivity index (χ2v) is 6.62.